The highest BCUT2D eigenvalue weighted by molar-refractivity contribution is 6.30. The van der Waals surface area contributed by atoms with Gasteiger partial charge >= 0.3 is 6.18 Å². The number of carbonyl (C=O) groups excluding carboxylic acids is 1. The summed E-state index contributed by atoms with van der Waals surface area (Å²) in [6.45, 7) is 0. The Labute approximate surface area is 126 Å². The van der Waals surface area contributed by atoms with Crippen LogP contribution in [0.15, 0.2) is 24.3 Å². The molecule has 21 heavy (non-hydrogen) atoms. The summed E-state index contributed by atoms with van der Waals surface area (Å²) in [4.78, 5) is 12.0. The molecule has 1 aromatic rings. The maximum Gasteiger partial charge on any atom is 0.416 e. The molecular weight excluding hydrogens is 303 g/mol. The van der Waals surface area contributed by atoms with E-state index in [0.717, 1.165) is 44.2 Å². The van der Waals surface area contributed by atoms with E-state index in [2.05, 4.69) is 5.32 Å². The molecule has 116 valence electrons. The lowest BCUT2D eigenvalue weighted by Crippen LogP contribution is -2.38. The summed E-state index contributed by atoms with van der Waals surface area (Å²) in [5.41, 5.74) is -0.629. The molecular formula is C15H17ClF3NO. The SMILES string of the molecule is O=C(NC1CCCCC1)C(Cl)c1cccc(C(F)(F)F)c1. The van der Waals surface area contributed by atoms with Crippen LogP contribution in [0.5, 0.6) is 0 Å². The molecule has 0 saturated heterocycles. The van der Waals surface area contributed by atoms with Crippen molar-refractivity contribution >= 4 is 17.5 Å². The standard InChI is InChI=1S/C15H17ClF3NO/c16-13(14(21)20-12-7-2-1-3-8-12)10-5-4-6-11(9-10)15(17,18)19/h4-6,9,12-13H,1-3,7-8H2,(H,20,21). The second-order valence-electron chi connectivity index (χ2n) is 5.33. The molecule has 1 aromatic carbocycles. The number of alkyl halides is 4. The first-order valence-corrected chi connectivity index (χ1v) is 7.43. The average Bonchev–Trinajstić information content (AvgIpc) is 2.46. The Balaban J connectivity index is 2.04. The molecule has 1 atom stereocenters. The first kappa shape index (κ1) is 16.1. The van der Waals surface area contributed by atoms with Crippen molar-refractivity contribution in [1.82, 2.24) is 5.32 Å². The molecule has 1 fully saturated rings. The van der Waals surface area contributed by atoms with E-state index in [1.165, 1.54) is 12.1 Å². The molecule has 1 aliphatic carbocycles. The fourth-order valence-corrected chi connectivity index (χ4v) is 2.74. The number of hydrogen-bond acceptors (Lipinski definition) is 1. The van der Waals surface area contributed by atoms with E-state index in [0.29, 0.717) is 0 Å². The number of carbonyl (C=O) groups is 1. The van der Waals surface area contributed by atoms with Crippen LogP contribution in [0.3, 0.4) is 0 Å². The van der Waals surface area contributed by atoms with E-state index in [4.69, 9.17) is 11.6 Å². The molecule has 2 rings (SSSR count). The highest BCUT2D eigenvalue weighted by Crippen LogP contribution is 2.32. The molecule has 1 aliphatic rings. The van der Waals surface area contributed by atoms with Crippen molar-refractivity contribution in [1.29, 1.82) is 0 Å². The number of halogens is 4. The third-order valence-electron chi connectivity index (χ3n) is 3.69. The maximum atomic E-state index is 12.7. The van der Waals surface area contributed by atoms with Gasteiger partial charge in [-0.1, -0.05) is 31.4 Å². The Hall–Kier alpha value is -1.23. The van der Waals surface area contributed by atoms with Crippen molar-refractivity contribution in [2.75, 3.05) is 0 Å². The fourth-order valence-electron chi connectivity index (χ4n) is 2.55. The van der Waals surface area contributed by atoms with E-state index in [1.54, 1.807) is 0 Å². The quantitative estimate of drug-likeness (QED) is 0.820. The van der Waals surface area contributed by atoms with Crippen LogP contribution in [0.1, 0.15) is 48.6 Å². The minimum Gasteiger partial charge on any atom is -0.352 e. The summed E-state index contributed by atoms with van der Waals surface area (Å²) < 4.78 is 38.0. The number of benzene rings is 1. The Bertz CT molecular complexity index is 498. The number of amides is 1. The largest absolute Gasteiger partial charge is 0.416 e. The highest BCUT2D eigenvalue weighted by Gasteiger charge is 2.31. The van der Waals surface area contributed by atoms with Crippen LogP contribution in [-0.2, 0) is 11.0 Å². The number of rotatable bonds is 3. The lowest BCUT2D eigenvalue weighted by molar-refractivity contribution is -0.137. The zero-order valence-electron chi connectivity index (χ0n) is 11.4. The van der Waals surface area contributed by atoms with Crippen molar-refractivity contribution in [2.24, 2.45) is 0 Å². The summed E-state index contributed by atoms with van der Waals surface area (Å²) in [6.07, 6.45) is 0.634. The Morgan fingerprint density at radius 2 is 1.90 bits per heavy atom. The van der Waals surface area contributed by atoms with E-state index < -0.39 is 23.0 Å². The zero-order valence-corrected chi connectivity index (χ0v) is 12.2. The smallest absolute Gasteiger partial charge is 0.352 e. The minimum atomic E-state index is -4.44. The second kappa shape index (κ2) is 6.69. The average molecular weight is 320 g/mol. The lowest BCUT2D eigenvalue weighted by Gasteiger charge is -2.24. The summed E-state index contributed by atoms with van der Waals surface area (Å²) in [7, 11) is 0. The van der Waals surface area contributed by atoms with Gasteiger partial charge in [0.15, 0.2) is 0 Å². The Kier molecular flexibility index (Phi) is 5.14. The molecule has 0 spiro atoms. The van der Waals surface area contributed by atoms with Gasteiger partial charge in [-0.25, -0.2) is 0 Å². The van der Waals surface area contributed by atoms with E-state index in [-0.39, 0.29) is 11.6 Å². The van der Waals surface area contributed by atoms with Gasteiger partial charge in [-0.15, -0.1) is 11.6 Å². The summed E-state index contributed by atoms with van der Waals surface area (Å²) in [5.74, 6) is -0.428. The third kappa shape index (κ3) is 4.37. The first-order valence-electron chi connectivity index (χ1n) is 6.99. The molecule has 1 amide bonds. The van der Waals surface area contributed by atoms with Gasteiger partial charge in [-0.05, 0) is 30.5 Å². The van der Waals surface area contributed by atoms with Crippen LogP contribution < -0.4 is 5.32 Å². The van der Waals surface area contributed by atoms with Crippen LogP contribution in [-0.4, -0.2) is 11.9 Å². The summed E-state index contributed by atoms with van der Waals surface area (Å²) >= 11 is 6.02. The molecule has 2 nitrogen and oxygen atoms in total. The van der Waals surface area contributed by atoms with Crippen molar-refractivity contribution in [2.45, 2.75) is 49.7 Å². The van der Waals surface area contributed by atoms with Crippen LogP contribution in [0, 0.1) is 0 Å². The fraction of sp³-hybridized carbons (Fsp3) is 0.533. The normalized spacial score (nSPS) is 18.3. The number of hydrogen-bond donors (Lipinski definition) is 1. The zero-order chi connectivity index (χ0) is 15.5. The topological polar surface area (TPSA) is 29.1 Å². The second-order valence-corrected chi connectivity index (χ2v) is 5.77. The molecule has 1 N–H and O–H groups in total. The molecule has 0 bridgehead atoms. The maximum absolute atomic E-state index is 12.7. The van der Waals surface area contributed by atoms with E-state index in [9.17, 15) is 18.0 Å². The van der Waals surface area contributed by atoms with Gasteiger partial charge in [0.2, 0.25) is 5.91 Å². The van der Waals surface area contributed by atoms with Crippen LogP contribution in [0.25, 0.3) is 0 Å². The van der Waals surface area contributed by atoms with Gasteiger partial charge in [0.1, 0.15) is 5.38 Å². The molecule has 0 aliphatic heterocycles. The summed E-state index contributed by atoms with van der Waals surface area (Å²) in [5, 5.41) is 1.72. The van der Waals surface area contributed by atoms with Crippen LogP contribution in [0.4, 0.5) is 13.2 Å². The van der Waals surface area contributed by atoms with Gasteiger partial charge in [-0.2, -0.15) is 13.2 Å². The van der Waals surface area contributed by atoms with Crippen molar-refractivity contribution < 1.29 is 18.0 Å². The molecule has 1 unspecified atom stereocenters. The number of nitrogens with one attached hydrogen (secondary N) is 1. The van der Waals surface area contributed by atoms with Crippen molar-refractivity contribution in [3.63, 3.8) is 0 Å². The first-order chi connectivity index (χ1) is 9.88. The van der Waals surface area contributed by atoms with Gasteiger partial charge < -0.3 is 5.32 Å². The van der Waals surface area contributed by atoms with E-state index >= 15 is 0 Å². The Morgan fingerprint density at radius 3 is 2.52 bits per heavy atom. The molecule has 0 aromatic heterocycles. The van der Waals surface area contributed by atoms with Gasteiger partial charge in [0.05, 0.1) is 5.56 Å². The highest BCUT2D eigenvalue weighted by atomic mass is 35.5. The molecule has 0 radical (unpaired) electrons. The monoisotopic (exact) mass is 319 g/mol. The van der Waals surface area contributed by atoms with Crippen molar-refractivity contribution in [3.8, 4) is 0 Å². The Morgan fingerprint density at radius 1 is 1.24 bits per heavy atom. The molecule has 1 saturated carbocycles. The van der Waals surface area contributed by atoms with Gasteiger partial charge in [0, 0.05) is 6.04 Å². The van der Waals surface area contributed by atoms with Crippen LogP contribution >= 0.6 is 11.6 Å². The van der Waals surface area contributed by atoms with E-state index in [1.807, 2.05) is 0 Å². The van der Waals surface area contributed by atoms with Crippen LogP contribution in [0.2, 0.25) is 0 Å². The van der Waals surface area contributed by atoms with Gasteiger partial charge in [0.25, 0.3) is 0 Å². The van der Waals surface area contributed by atoms with Gasteiger partial charge in [-0.3, -0.25) is 4.79 Å². The molecule has 0 heterocycles. The third-order valence-corrected chi connectivity index (χ3v) is 4.14. The minimum absolute atomic E-state index is 0.0818. The summed E-state index contributed by atoms with van der Waals surface area (Å²) in [6, 6.07) is 4.68. The van der Waals surface area contributed by atoms with Crippen molar-refractivity contribution in [3.05, 3.63) is 35.4 Å². The predicted molar refractivity (Wildman–Crippen MR) is 75.1 cm³/mol. The lowest BCUT2D eigenvalue weighted by atomic mass is 9.95. The predicted octanol–water partition coefficient (Wildman–Crippen LogP) is 4.43. The molecule has 6 heteroatoms.